The van der Waals surface area contributed by atoms with Crippen molar-refractivity contribution >= 4 is 22.7 Å². The fourth-order valence-corrected chi connectivity index (χ4v) is 2.76. The summed E-state index contributed by atoms with van der Waals surface area (Å²) in [5.41, 5.74) is 1.28. The molecule has 0 bridgehead atoms. The first-order chi connectivity index (χ1) is 13.4. The topological polar surface area (TPSA) is 70.5 Å². The summed E-state index contributed by atoms with van der Waals surface area (Å²) < 4.78 is 45.9. The second-order valence-electron chi connectivity index (χ2n) is 5.75. The highest BCUT2D eigenvalue weighted by Crippen LogP contribution is 2.33. The molecule has 0 aliphatic heterocycles. The van der Waals surface area contributed by atoms with Crippen LogP contribution < -0.4 is 9.47 Å². The van der Waals surface area contributed by atoms with E-state index in [1.165, 1.54) is 12.1 Å². The van der Waals surface area contributed by atoms with Crippen LogP contribution in [-0.4, -0.2) is 23.4 Å². The van der Waals surface area contributed by atoms with E-state index in [-0.39, 0.29) is 34.9 Å². The Morgan fingerprint density at radius 3 is 2.61 bits per heavy atom. The quantitative estimate of drug-likeness (QED) is 0.498. The minimum absolute atomic E-state index is 0.0593. The Balaban J connectivity index is 1.87. The Morgan fingerprint density at radius 2 is 1.96 bits per heavy atom. The van der Waals surface area contributed by atoms with Gasteiger partial charge in [0.2, 0.25) is 0 Å². The maximum atomic E-state index is 12.5. The Bertz CT molecular complexity index is 998. The molecule has 2 heterocycles. The molecule has 0 amide bonds. The standard InChI is InChI=1S/C19H17ClF2N2O4/c1-4-25-16-9-12(5-6-15(16)27-19(21)22)8-14(20)18-24-23-17(28-18)13-7-10(2)26-11(13)3/h5-9,19H,4H2,1-3H3/b14-8-. The average Bonchev–Trinajstić information content (AvgIpc) is 3.23. The predicted molar refractivity (Wildman–Crippen MR) is 99.4 cm³/mol. The minimum Gasteiger partial charge on any atom is -0.490 e. The molecule has 0 aliphatic carbocycles. The summed E-state index contributed by atoms with van der Waals surface area (Å²) in [6, 6.07) is 6.26. The molecule has 0 saturated carbocycles. The molecule has 1 aromatic carbocycles. The van der Waals surface area contributed by atoms with Crippen molar-refractivity contribution in [2.75, 3.05) is 6.61 Å². The summed E-state index contributed by atoms with van der Waals surface area (Å²) in [6.07, 6.45) is 1.56. The number of aromatic nitrogens is 2. The van der Waals surface area contributed by atoms with Crippen LogP contribution in [0.3, 0.4) is 0 Å². The van der Waals surface area contributed by atoms with Gasteiger partial charge in [-0.25, -0.2) is 0 Å². The van der Waals surface area contributed by atoms with Gasteiger partial charge in [0.25, 0.3) is 11.8 Å². The highest BCUT2D eigenvalue weighted by Gasteiger charge is 2.17. The number of rotatable bonds is 7. The molecule has 0 aliphatic rings. The van der Waals surface area contributed by atoms with Crippen LogP contribution in [-0.2, 0) is 0 Å². The molecule has 0 unspecified atom stereocenters. The summed E-state index contributed by atoms with van der Waals surface area (Å²) >= 11 is 6.29. The van der Waals surface area contributed by atoms with Crippen molar-refractivity contribution in [3.8, 4) is 23.0 Å². The van der Waals surface area contributed by atoms with E-state index < -0.39 is 6.61 Å². The molecule has 0 atom stereocenters. The van der Waals surface area contributed by atoms with Crippen LogP contribution >= 0.6 is 11.6 Å². The zero-order valence-corrected chi connectivity index (χ0v) is 16.1. The first kappa shape index (κ1) is 19.9. The first-order valence-electron chi connectivity index (χ1n) is 8.37. The van der Waals surface area contributed by atoms with Crippen LogP contribution in [0.1, 0.15) is 29.9 Å². The fraction of sp³-hybridized carbons (Fsp3) is 0.263. The molecular weight excluding hydrogens is 394 g/mol. The van der Waals surface area contributed by atoms with Crippen LogP contribution in [0.4, 0.5) is 8.78 Å². The number of aryl methyl sites for hydroxylation is 2. The molecule has 148 valence electrons. The Morgan fingerprint density at radius 1 is 1.18 bits per heavy atom. The number of furan rings is 1. The number of halogens is 3. The Kier molecular flexibility index (Phi) is 5.99. The molecule has 0 saturated heterocycles. The van der Waals surface area contributed by atoms with E-state index in [0.717, 1.165) is 5.76 Å². The van der Waals surface area contributed by atoms with Crippen LogP contribution in [0.2, 0.25) is 0 Å². The maximum absolute atomic E-state index is 12.5. The zero-order valence-electron chi connectivity index (χ0n) is 15.3. The van der Waals surface area contributed by atoms with Gasteiger partial charge in [-0.15, -0.1) is 10.2 Å². The lowest BCUT2D eigenvalue weighted by Crippen LogP contribution is -2.04. The second kappa shape index (κ2) is 8.43. The molecule has 0 N–H and O–H groups in total. The van der Waals surface area contributed by atoms with Crippen molar-refractivity contribution in [1.29, 1.82) is 0 Å². The summed E-state index contributed by atoms with van der Waals surface area (Å²) in [7, 11) is 0. The third kappa shape index (κ3) is 4.51. The van der Waals surface area contributed by atoms with Crippen molar-refractivity contribution in [3.05, 3.63) is 47.2 Å². The number of alkyl halides is 2. The highest BCUT2D eigenvalue weighted by molar-refractivity contribution is 6.50. The van der Waals surface area contributed by atoms with Crippen LogP contribution in [0.5, 0.6) is 11.5 Å². The molecule has 9 heteroatoms. The van der Waals surface area contributed by atoms with Gasteiger partial charge in [0.1, 0.15) is 16.6 Å². The van der Waals surface area contributed by atoms with E-state index in [2.05, 4.69) is 14.9 Å². The fourth-order valence-electron chi connectivity index (χ4n) is 2.56. The largest absolute Gasteiger partial charge is 0.490 e. The summed E-state index contributed by atoms with van der Waals surface area (Å²) in [6.45, 7) is 2.69. The van der Waals surface area contributed by atoms with E-state index in [1.54, 1.807) is 32.1 Å². The van der Waals surface area contributed by atoms with Crippen LogP contribution in [0.15, 0.2) is 33.1 Å². The first-order valence-corrected chi connectivity index (χ1v) is 8.75. The Hall–Kier alpha value is -2.87. The Labute approximate surface area is 164 Å². The number of nitrogens with zero attached hydrogens (tertiary/aromatic N) is 2. The molecule has 3 rings (SSSR count). The van der Waals surface area contributed by atoms with Crippen molar-refractivity contribution in [3.63, 3.8) is 0 Å². The highest BCUT2D eigenvalue weighted by atomic mass is 35.5. The van der Waals surface area contributed by atoms with Gasteiger partial charge in [-0.3, -0.25) is 0 Å². The van der Waals surface area contributed by atoms with Gasteiger partial charge < -0.3 is 18.3 Å². The van der Waals surface area contributed by atoms with Gasteiger partial charge >= 0.3 is 6.61 Å². The smallest absolute Gasteiger partial charge is 0.387 e. The number of hydrogen-bond donors (Lipinski definition) is 0. The van der Waals surface area contributed by atoms with Gasteiger partial charge in [-0.2, -0.15) is 8.78 Å². The normalized spacial score (nSPS) is 11.9. The molecule has 0 fully saturated rings. The molecular formula is C19H17ClF2N2O4. The van der Waals surface area contributed by atoms with E-state index in [9.17, 15) is 8.78 Å². The van der Waals surface area contributed by atoms with Crippen LogP contribution in [0.25, 0.3) is 22.6 Å². The zero-order chi connectivity index (χ0) is 20.3. The van der Waals surface area contributed by atoms with Gasteiger partial charge in [0, 0.05) is 0 Å². The summed E-state index contributed by atoms with van der Waals surface area (Å²) in [5, 5.41) is 8.11. The monoisotopic (exact) mass is 410 g/mol. The molecule has 0 spiro atoms. The van der Waals surface area contributed by atoms with E-state index in [1.807, 2.05) is 6.92 Å². The van der Waals surface area contributed by atoms with Crippen LogP contribution in [0, 0.1) is 13.8 Å². The lowest BCUT2D eigenvalue weighted by atomic mass is 10.2. The molecule has 0 radical (unpaired) electrons. The van der Waals surface area contributed by atoms with E-state index in [4.69, 9.17) is 25.2 Å². The third-order valence-electron chi connectivity index (χ3n) is 3.68. The maximum Gasteiger partial charge on any atom is 0.387 e. The van der Waals surface area contributed by atoms with Crippen molar-refractivity contribution in [2.24, 2.45) is 0 Å². The molecule has 28 heavy (non-hydrogen) atoms. The van der Waals surface area contributed by atoms with E-state index in [0.29, 0.717) is 16.9 Å². The number of benzene rings is 1. The molecule has 6 nitrogen and oxygen atoms in total. The summed E-state index contributed by atoms with van der Waals surface area (Å²) in [4.78, 5) is 0. The minimum atomic E-state index is -2.95. The van der Waals surface area contributed by atoms with Crippen molar-refractivity contribution in [2.45, 2.75) is 27.4 Å². The SMILES string of the molecule is CCOc1cc(/C=C(\Cl)c2nnc(-c3cc(C)oc3C)o2)ccc1OC(F)F. The second-order valence-corrected chi connectivity index (χ2v) is 6.16. The lowest BCUT2D eigenvalue weighted by molar-refractivity contribution is -0.0514. The lowest BCUT2D eigenvalue weighted by Gasteiger charge is -2.11. The van der Waals surface area contributed by atoms with Gasteiger partial charge in [0.05, 0.1) is 12.2 Å². The molecule has 2 aromatic heterocycles. The van der Waals surface area contributed by atoms with Gasteiger partial charge in [-0.1, -0.05) is 17.7 Å². The summed E-state index contributed by atoms with van der Waals surface area (Å²) in [5.74, 6) is 1.90. The van der Waals surface area contributed by atoms with Crippen molar-refractivity contribution < 1.29 is 27.1 Å². The van der Waals surface area contributed by atoms with Crippen molar-refractivity contribution in [1.82, 2.24) is 10.2 Å². The number of hydrogen-bond acceptors (Lipinski definition) is 6. The predicted octanol–water partition coefficient (Wildman–Crippen LogP) is 5.68. The van der Waals surface area contributed by atoms with Gasteiger partial charge in [-0.05, 0) is 50.6 Å². The molecule has 3 aromatic rings. The number of ether oxygens (including phenoxy) is 2. The third-order valence-corrected chi connectivity index (χ3v) is 3.95. The van der Waals surface area contributed by atoms with E-state index >= 15 is 0 Å². The average molecular weight is 411 g/mol. The van der Waals surface area contributed by atoms with Gasteiger partial charge in [0.15, 0.2) is 11.5 Å².